The molecule has 3 unspecified atom stereocenters. The molecule has 2 aliphatic rings. The molecule has 3 atom stereocenters. The van der Waals surface area contributed by atoms with Gasteiger partial charge in [0.15, 0.2) is 10.9 Å². The monoisotopic (exact) mass is 790 g/mol. The van der Waals surface area contributed by atoms with E-state index in [0.717, 1.165) is 68.7 Å². The predicted molar refractivity (Wildman–Crippen MR) is 224 cm³/mol. The van der Waals surface area contributed by atoms with Gasteiger partial charge in [-0.15, -0.1) is 22.7 Å². The van der Waals surface area contributed by atoms with Crippen molar-refractivity contribution in [3.8, 4) is 0 Å². The number of hydrogen-bond acceptors (Lipinski definition) is 8. The Morgan fingerprint density at radius 3 is 1.89 bits per heavy atom. The van der Waals surface area contributed by atoms with E-state index >= 15 is 0 Å². The van der Waals surface area contributed by atoms with Crippen molar-refractivity contribution >= 4 is 60.9 Å². The molecule has 10 nitrogen and oxygen atoms in total. The van der Waals surface area contributed by atoms with Crippen LogP contribution in [0.1, 0.15) is 72.8 Å². The molecule has 12 heteroatoms. The second-order valence-corrected chi connectivity index (χ2v) is 16.1. The number of rotatable bonds is 8. The van der Waals surface area contributed by atoms with E-state index in [1.54, 1.807) is 47.2 Å². The van der Waals surface area contributed by atoms with Gasteiger partial charge in [-0.05, 0) is 60.9 Å². The number of carbonyl (C=O) groups excluding carboxylic acids is 2. The number of ether oxygens (including phenoxy) is 2. The summed E-state index contributed by atoms with van der Waals surface area (Å²) in [5, 5.41) is 1.43. The first-order chi connectivity index (χ1) is 27.3. The van der Waals surface area contributed by atoms with Crippen molar-refractivity contribution in [2.45, 2.75) is 77.2 Å². The quantitative estimate of drug-likeness (QED) is 0.158. The van der Waals surface area contributed by atoms with Crippen molar-refractivity contribution in [3.05, 3.63) is 145 Å². The number of H-pyrrole nitrogens is 2. The molecule has 0 saturated carbocycles. The smallest absolute Gasteiger partial charge is 0.410 e. The zero-order valence-corrected chi connectivity index (χ0v) is 33.2. The lowest BCUT2D eigenvalue weighted by atomic mass is 9.86. The maximum Gasteiger partial charge on any atom is 0.410 e. The summed E-state index contributed by atoms with van der Waals surface area (Å²) in [6.45, 7) is 6.09. The van der Waals surface area contributed by atoms with Crippen molar-refractivity contribution in [2.24, 2.45) is 0 Å². The first-order valence-corrected chi connectivity index (χ1v) is 20.8. The summed E-state index contributed by atoms with van der Waals surface area (Å²) in [7, 11) is 0. The average molecular weight is 791 g/mol. The van der Waals surface area contributed by atoms with Gasteiger partial charge in [0.1, 0.15) is 22.9 Å². The van der Waals surface area contributed by atoms with Crippen LogP contribution in [0.25, 0.3) is 26.0 Å². The minimum absolute atomic E-state index is 0.0137. The number of nitrogens with zero attached hydrogens (tertiary/aromatic N) is 2. The van der Waals surface area contributed by atoms with Gasteiger partial charge in [-0.25, -0.2) is 9.59 Å². The minimum atomic E-state index is -0.293. The van der Waals surface area contributed by atoms with Crippen LogP contribution in [0.3, 0.4) is 0 Å². The summed E-state index contributed by atoms with van der Waals surface area (Å²) in [6, 6.07) is 26.5. The van der Waals surface area contributed by atoms with Gasteiger partial charge in [-0.1, -0.05) is 80.6 Å². The van der Waals surface area contributed by atoms with Crippen LogP contribution in [-0.2, 0) is 22.7 Å². The molecular weight excluding hydrogens is 745 g/mol. The molecule has 2 amide bonds. The molecular formula is C44H46N4O6S2. The molecule has 6 aromatic rings. The minimum Gasteiger partial charge on any atom is -0.445 e. The number of likely N-dealkylation sites (tertiary alicyclic amines) is 1. The molecule has 8 rings (SSSR count). The van der Waals surface area contributed by atoms with Gasteiger partial charge >= 0.3 is 12.2 Å². The van der Waals surface area contributed by atoms with Gasteiger partial charge in [-0.3, -0.25) is 9.59 Å². The lowest BCUT2D eigenvalue weighted by Gasteiger charge is -2.40. The van der Waals surface area contributed by atoms with Gasteiger partial charge in [0.2, 0.25) is 0 Å². The van der Waals surface area contributed by atoms with Gasteiger partial charge < -0.3 is 29.2 Å². The van der Waals surface area contributed by atoms with E-state index in [-0.39, 0.29) is 54.3 Å². The molecule has 0 aliphatic carbocycles. The van der Waals surface area contributed by atoms with Crippen LogP contribution in [-0.4, -0.2) is 57.1 Å². The summed E-state index contributed by atoms with van der Waals surface area (Å²) in [5.74, 6) is 0.230. The fraction of sp³-hybridized carbons (Fsp3) is 0.318. The topological polar surface area (TPSA) is 125 Å². The number of fused-ring (bicyclic) bond motifs is 2. The zero-order chi connectivity index (χ0) is 39.0. The lowest BCUT2D eigenvalue weighted by molar-refractivity contribution is 0.0606. The van der Waals surface area contributed by atoms with E-state index < -0.39 is 0 Å². The molecule has 0 radical (unpaired) electrons. The summed E-state index contributed by atoms with van der Waals surface area (Å²) in [6.07, 6.45) is 9.36. The highest BCUT2D eigenvalue weighted by Crippen LogP contribution is 2.39. The van der Waals surface area contributed by atoms with E-state index in [1.807, 2.05) is 82.6 Å². The van der Waals surface area contributed by atoms with Crippen molar-refractivity contribution in [1.82, 2.24) is 19.8 Å². The molecule has 2 N–H and O–H groups in total. The van der Waals surface area contributed by atoms with Gasteiger partial charge in [0.05, 0.1) is 16.8 Å². The lowest BCUT2D eigenvalue weighted by Crippen LogP contribution is -2.47. The summed E-state index contributed by atoms with van der Waals surface area (Å²) >= 11 is 3.19. The van der Waals surface area contributed by atoms with E-state index in [4.69, 9.17) is 9.47 Å². The third-order valence-electron chi connectivity index (χ3n) is 10.5. The summed E-state index contributed by atoms with van der Waals surface area (Å²) < 4.78 is 11.2. The van der Waals surface area contributed by atoms with Crippen molar-refractivity contribution < 1.29 is 19.1 Å². The highest BCUT2D eigenvalue weighted by molar-refractivity contribution is 7.19. The third-order valence-corrected chi connectivity index (χ3v) is 12.8. The second-order valence-electron chi connectivity index (χ2n) is 14.0. The molecule has 4 aromatic heterocycles. The Morgan fingerprint density at radius 1 is 0.732 bits per heavy atom. The SMILES string of the molecule is CCC1C(c2cc3c(=O)cc[nH]c3s2)=CCCN1C(=O)OCc1ccccc1.CCC1C(c2cc3c(=O)cc[nH]c3s2)CCCN1C(=O)OCc1ccccc1. The predicted octanol–water partition coefficient (Wildman–Crippen LogP) is 9.68. The molecule has 0 bridgehead atoms. The Labute approximate surface area is 333 Å². The van der Waals surface area contributed by atoms with E-state index in [1.165, 1.54) is 4.88 Å². The molecule has 56 heavy (non-hydrogen) atoms. The van der Waals surface area contributed by atoms with E-state index in [0.29, 0.717) is 18.5 Å². The van der Waals surface area contributed by atoms with Crippen molar-refractivity contribution in [2.75, 3.05) is 13.1 Å². The normalized spacial score (nSPS) is 18.2. The molecule has 2 aromatic carbocycles. The molecule has 2 aliphatic heterocycles. The number of aromatic nitrogens is 2. The maximum atomic E-state index is 12.8. The number of carbonyl (C=O) groups is 2. The first-order valence-electron chi connectivity index (χ1n) is 19.2. The highest BCUT2D eigenvalue weighted by atomic mass is 32.1. The van der Waals surface area contributed by atoms with Crippen LogP contribution in [0, 0.1) is 0 Å². The number of benzene rings is 2. The summed E-state index contributed by atoms with van der Waals surface area (Å²) in [5.41, 5.74) is 3.11. The molecule has 6 heterocycles. The summed E-state index contributed by atoms with van der Waals surface area (Å²) in [4.78, 5) is 63.7. The number of pyridine rings is 2. The van der Waals surface area contributed by atoms with E-state index in [2.05, 4.69) is 29.9 Å². The maximum absolute atomic E-state index is 12.8. The first kappa shape index (κ1) is 38.8. The number of aromatic amines is 2. The Kier molecular flexibility index (Phi) is 12.5. The molecule has 290 valence electrons. The van der Waals surface area contributed by atoms with Crippen LogP contribution in [0.5, 0.6) is 0 Å². The number of amides is 2. The largest absolute Gasteiger partial charge is 0.445 e. The second kappa shape index (κ2) is 18.0. The third kappa shape index (κ3) is 8.66. The van der Waals surface area contributed by atoms with Gasteiger partial charge in [0.25, 0.3) is 0 Å². The van der Waals surface area contributed by atoms with Crippen LogP contribution < -0.4 is 10.9 Å². The van der Waals surface area contributed by atoms with Crippen LogP contribution in [0.15, 0.2) is 113 Å². The fourth-order valence-corrected chi connectivity index (χ4v) is 10.1. The average Bonchev–Trinajstić information content (AvgIpc) is 3.89. The zero-order valence-electron chi connectivity index (χ0n) is 31.6. The van der Waals surface area contributed by atoms with E-state index in [9.17, 15) is 19.2 Å². The molecule has 1 saturated heterocycles. The van der Waals surface area contributed by atoms with Crippen molar-refractivity contribution in [3.63, 3.8) is 0 Å². The Morgan fingerprint density at radius 2 is 1.32 bits per heavy atom. The fourth-order valence-electron chi connectivity index (χ4n) is 7.74. The number of thiophene rings is 2. The van der Waals surface area contributed by atoms with Crippen molar-refractivity contribution in [1.29, 1.82) is 0 Å². The molecule has 0 spiro atoms. The number of piperidine rings is 1. The van der Waals surface area contributed by atoms with Crippen LogP contribution >= 0.6 is 22.7 Å². The van der Waals surface area contributed by atoms with Crippen LogP contribution in [0.2, 0.25) is 0 Å². The van der Waals surface area contributed by atoms with Crippen LogP contribution in [0.4, 0.5) is 9.59 Å². The number of nitrogens with one attached hydrogen (secondary N) is 2. The highest BCUT2D eigenvalue weighted by Gasteiger charge is 2.36. The number of hydrogen-bond donors (Lipinski definition) is 2. The molecule has 1 fully saturated rings. The Balaban J connectivity index is 0.000000172. The Hall–Kier alpha value is -5.46. The van der Waals surface area contributed by atoms with Gasteiger partial charge in [-0.2, -0.15) is 0 Å². The standard InChI is InChI=1S/C22H24N2O3S.C22H22N2O3S/c2*1-2-18-16(20-13-17-19(25)10-11-23-21(17)28-20)9-6-12-24(18)22(26)27-14-15-7-4-3-5-8-15/h3-5,7-8,10-11,13,16,18H,2,6,9,12,14H2,1H3,(H,23,25);3-5,7-11,13,18H,2,6,12,14H2,1H3,(H,23,25). The van der Waals surface area contributed by atoms with Gasteiger partial charge in [0, 0.05) is 59.3 Å². The Bertz CT molecular complexity index is 2420.